The normalized spacial score (nSPS) is 11.0. The number of benzene rings is 2. The van der Waals surface area contributed by atoms with Gasteiger partial charge in [0.05, 0.1) is 17.8 Å². The van der Waals surface area contributed by atoms with Crippen LogP contribution in [0.25, 0.3) is 17.2 Å². The number of aromatic nitrogens is 3. The molecule has 0 amide bonds. The zero-order chi connectivity index (χ0) is 26.2. The smallest absolute Gasteiger partial charge is 0.330 e. The molecule has 4 rings (SSSR count). The lowest BCUT2D eigenvalue weighted by atomic mass is 10.0. The van der Waals surface area contributed by atoms with Gasteiger partial charge >= 0.3 is 5.97 Å². The van der Waals surface area contributed by atoms with E-state index in [0.29, 0.717) is 29.9 Å². The fourth-order valence-corrected chi connectivity index (χ4v) is 4.57. The lowest BCUT2D eigenvalue weighted by Gasteiger charge is -2.14. The molecule has 0 aliphatic rings. The van der Waals surface area contributed by atoms with Crippen LogP contribution in [-0.2, 0) is 16.0 Å². The molecule has 0 bridgehead atoms. The maximum Gasteiger partial charge on any atom is 0.330 e. The number of rotatable bonds is 10. The van der Waals surface area contributed by atoms with Gasteiger partial charge in [0.15, 0.2) is 0 Å². The number of aryl methyl sites for hydroxylation is 2. The number of carbonyl (C=O) groups is 1. The van der Waals surface area contributed by atoms with Crippen LogP contribution in [-0.4, -0.2) is 34.1 Å². The second-order valence-electron chi connectivity index (χ2n) is 8.29. The molecule has 9 heteroatoms. The molecule has 190 valence electrons. The van der Waals surface area contributed by atoms with Crippen LogP contribution in [0.4, 0.5) is 17.5 Å². The maximum atomic E-state index is 11.7. The number of anilines is 3. The summed E-state index contributed by atoms with van der Waals surface area (Å²) < 4.78 is 4.98. The van der Waals surface area contributed by atoms with Gasteiger partial charge < -0.3 is 15.4 Å². The van der Waals surface area contributed by atoms with Crippen LogP contribution in [0.15, 0.2) is 60.2 Å². The molecule has 7 nitrogen and oxygen atoms in total. The maximum absolute atomic E-state index is 11.7. The summed E-state index contributed by atoms with van der Waals surface area (Å²) in [4.78, 5) is 26.7. The Kier molecular flexibility index (Phi) is 8.87. The molecular weight excluding hydrogens is 506 g/mol. The van der Waals surface area contributed by atoms with Crippen LogP contribution in [0.5, 0.6) is 0 Å². The lowest BCUT2D eigenvalue weighted by molar-refractivity contribution is -0.137. The Morgan fingerprint density at radius 1 is 1.16 bits per heavy atom. The lowest BCUT2D eigenvalue weighted by Crippen LogP contribution is -2.09. The first-order chi connectivity index (χ1) is 17.9. The van der Waals surface area contributed by atoms with Crippen molar-refractivity contribution >= 4 is 52.4 Å². The minimum absolute atomic E-state index is 0.339. The first-order valence-electron chi connectivity index (χ1n) is 11.9. The summed E-state index contributed by atoms with van der Waals surface area (Å²) in [5.41, 5.74) is 7.36. The summed E-state index contributed by atoms with van der Waals surface area (Å²) in [6, 6.07) is 13.6. The third-order valence-electron chi connectivity index (χ3n) is 5.60. The Bertz CT molecular complexity index is 1420. The number of nitrogens with one attached hydrogen (secondary N) is 2. The van der Waals surface area contributed by atoms with Gasteiger partial charge in [-0.3, -0.25) is 0 Å². The molecular formula is C28H28ClN5O2S. The number of esters is 1. The standard InChI is InChI=1S/C28H28ClN5O2S/c1-4-36-26(35)11-9-20-6-5-7-21(14-20)23-16-31-28(33-22-10-8-18(2)24(29)15-22)34-27(23)30-13-12-25-19(3)32-17-37-25/h5-11,14-17H,4,12-13H2,1-3H3,(H2,30,31,33,34). The van der Waals surface area contributed by atoms with Crippen molar-refractivity contribution in [3.63, 3.8) is 0 Å². The molecule has 0 saturated heterocycles. The highest BCUT2D eigenvalue weighted by molar-refractivity contribution is 7.09. The minimum atomic E-state index is -0.372. The molecule has 0 radical (unpaired) electrons. The Morgan fingerprint density at radius 2 is 2.03 bits per heavy atom. The van der Waals surface area contributed by atoms with Crippen molar-refractivity contribution in [3.8, 4) is 11.1 Å². The fourth-order valence-electron chi connectivity index (χ4n) is 3.61. The second-order valence-corrected chi connectivity index (χ2v) is 9.64. The van der Waals surface area contributed by atoms with Crippen LogP contribution in [0, 0.1) is 13.8 Å². The third kappa shape index (κ3) is 7.15. The molecule has 2 heterocycles. The summed E-state index contributed by atoms with van der Waals surface area (Å²) in [6.07, 6.45) is 5.78. The average Bonchev–Trinajstić information content (AvgIpc) is 3.30. The summed E-state index contributed by atoms with van der Waals surface area (Å²) >= 11 is 7.94. The van der Waals surface area contributed by atoms with E-state index in [1.807, 2.05) is 61.8 Å². The van der Waals surface area contributed by atoms with Gasteiger partial charge in [-0.15, -0.1) is 11.3 Å². The Morgan fingerprint density at radius 3 is 2.78 bits per heavy atom. The van der Waals surface area contributed by atoms with E-state index >= 15 is 0 Å². The van der Waals surface area contributed by atoms with E-state index in [1.165, 1.54) is 11.0 Å². The number of thiazole rings is 1. The summed E-state index contributed by atoms with van der Waals surface area (Å²) in [5, 5.41) is 7.40. The molecule has 0 aliphatic carbocycles. The van der Waals surface area contributed by atoms with Gasteiger partial charge in [-0.25, -0.2) is 14.8 Å². The summed E-state index contributed by atoms with van der Waals surface area (Å²) in [5.74, 6) is 0.784. The van der Waals surface area contributed by atoms with E-state index in [9.17, 15) is 4.79 Å². The Labute approximate surface area is 225 Å². The molecule has 2 N–H and O–H groups in total. The molecule has 0 saturated carbocycles. The molecule has 2 aromatic carbocycles. The van der Waals surface area contributed by atoms with Crippen LogP contribution in [0.2, 0.25) is 5.02 Å². The molecule has 0 aliphatic heterocycles. The topological polar surface area (TPSA) is 89.0 Å². The molecule has 37 heavy (non-hydrogen) atoms. The fraction of sp³-hybridized carbons (Fsp3) is 0.214. The molecule has 0 unspecified atom stereocenters. The van der Waals surface area contributed by atoms with E-state index in [0.717, 1.165) is 40.1 Å². The van der Waals surface area contributed by atoms with Crippen molar-refractivity contribution in [2.75, 3.05) is 23.8 Å². The number of nitrogens with zero attached hydrogens (tertiary/aromatic N) is 3. The van der Waals surface area contributed by atoms with Crippen molar-refractivity contribution in [2.45, 2.75) is 27.2 Å². The highest BCUT2D eigenvalue weighted by Crippen LogP contribution is 2.29. The highest BCUT2D eigenvalue weighted by Gasteiger charge is 2.12. The van der Waals surface area contributed by atoms with Gasteiger partial charge in [0.25, 0.3) is 0 Å². The average molecular weight is 534 g/mol. The Balaban J connectivity index is 1.61. The van der Waals surface area contributed by atoms with Gasteiger partial charge in [-0.2, -0.15) is 4.98 Å². The van der Waals surface area contributed by atoms with E-state index in [4.69, 9.17) is 21.3 Å². The van der Waals surface area contributed by atoms with Gasteiger partial charge in [0.1, 0.15) is 5.82 Å². The minimum Gasteiger partial charge on any atom is -0.463 e. The predicted molar refractivity (Wildman–Crippen MR) is 152 cm³/mol. The summed E-state index contributed by atoms with van der Waals surface area (Å²) in [6.45, 7) is 6.78. The third-order valence-corrected chi connectivity index (χ3v) is 7.00. The van der Waals surface area contributed by atoms with Crippen molar-refractivity contribution in [2.24, 2.45) is 0 Å². The number of hydrogen-bond donors (Lipinski definition) is 2. The van der Waals surface area contributed by atoms with Gasteiger partial charge in [-0.05, 0) is 61.7 Å². The van der Waals surface area contributed by atoms with Crippen LogP contribution in [0.3, 0.4) is 0 Å². The highest BCUT2D eigenvalue weighted by atomic mass is 35.5. The monoisotopic (exact) mass is 533 g/mol. The van der Waals surface area contributed by atoms with E-state index < -0.39 is 0 Å². The molecule has 0 atom stereocenters. The first-order valence-corrected chi connectivity index (χ1v) is 13.2. The van der Waals surface area contributed by atoms with Gasteiger partial charge in [0, 0.05) is 46.4 Å². The summed E-state index contributed by atoms with van der Waals surface area (Å²) in [7, 11) is 0. The predicted octanol–water partition coefficient (Wildman–Crippen LogP) is 6.84. The second kappa shape index (κ2) is 12.5. The molecule has 4 aromatic rings. The van der Waals surface area contributed by atoms with Crippen LogP contribution in [0.1, 0.15) is 28.6 Å². The van der Waals surface area contributed by atoms with Crippen molar-refractivity contribution < 1.29 is 9.53 Å². The van der Waals surface area contributed by atoms with Crippen molar-refractivity contribution in [1.82, 2.24) is 15.0 Å². The largest absolute Gasteiger partial charge is 0.463 e. The van der Waals surface area contributed by atoms with Gasteiger partial charge in [0.2, 0.25) is 5.95 Å². The SMILES string of the molecule is CCOC(=O)C=Cc1cccc(-c2cnc(Nc3ccc(C)c(Cl)c3)nc2NCCc2scnc2C)c1. The molecule has 0 spiro atoms. The number of halogens is 1. The molecule has 0 fully saturated rings. The van der Waals surface area contributed by atoms with Crippen LogP contribution < -0.4 is 10.6 Å². The molecule has 2 aromatic heterocycles. The van der Waals surface area contributed by atoms with E-state index in [-0.39, 0.29) is 5.97 Å². The zero-order valence-corrected chi connectivity index (χ0v) is 22.5. The zero-order valence-electron chi connectivity index (χ0n) is 20.9. The Hall–Kier alpha value is -3.75. The van der Waals surface area contributed by atoms with Crippen LogP contribution >= 0.6 is 22.9 Å². The van der Waals surface area contributed by atoms with E-state index in [1.54, 1.807) is 30.5 Å². The van der Waals surface area contributed by atoms with E-state index in [2.05, 4.69) is 20.6 Å². The van der Waals surface area contributed by atoms with Gasteiger partial charge in [-0.1, -0.05) is 35.9 Å². The van der Waals surface area contributed by atoms with Crippen molar-refractivity contribution in [1.29, 1.82) is 0 Å². The quantitative estimate of drug-likeness (QED) is 0.170. The van der Waals surface area contributed by atoms with Crippen molar-refractivity contribution in [3.05, 3.63) is 87.0 Å². The number of ether oxygens (including phenoxy) is 1. The first kappa shape index (κ1) is 26.3. The number of carbonyl (C=O) groups excluding carboxylic acids is 1. The number of hydrogen-bond acceptors (Lipinski definition) is 8.